The topological polar surface area (TPSA) is 27.6 Å². The van der Waals surface area contributed by atoms with E-state index in [1.54, 1.807) is 0 Å². The molecule has 0 saturated carbocycles. The van der Waals surface area contributed by atoms with Crippen LogP contribution in [0.1, 0.15) is 5.56 Å². The first-order valence-corrected chi connectivity index (χ1v) is 6.00. The molecule has 0 fully saturated rings. The molecule has 1 heterocycles. The summed E-state index contributed by atoms with van der Waals surface area (Å²) >= 11 is 5.68. The van der Waals surface area contributed by atoms with Gasteiger partial charge in [-0.2, -0.15) is 8.78 Å². The molecule has 2 rings (SSSR count). The van der Waals surface area contributed by atoms with Gasteiger partial charge in [-0.15, -0.1) is 24.0 Å². The van der Waals surface area contributed by atoms with Gasteiger partial charge in [-0.3, -0.25) is 4.99 Å². The van der Waals surface area contributed by atoms with Crippen molar-refractivity contribution < 1.29 is 8.78 Å². The van der Waals surface area contributed by atoms with Crippen LogP contribution in [0.3, 0.4) is 0 Å². The van der Waals surface area contributed by atoms with Crippen LogP contribution in [0.15, 0.2) is 29.3 Å². The lowest BCUT2D eigenvalue weighted by Gasteiger charge is -2.21. The smallest absolute Gasteiger partial charge is 0.290 e. The highest BCUT2D eigenvalue weighted by Gasteiger charge is 2.32. The SMILES string of the molecule is CN1CCN=C1NCC(F)(F)c1ccc(Cl)cc1.I. The van der Waals surface area contributed by atoms with Crippen molar-refractivity contribution in [2.75, 3.05) is 26.7 Å². The highest BCUT2D eigenvalue weighted by Crippen LogP contribution is 2.28. The summed E-state index contributed by atoms with van der Waals surface area (Å²) in [5.41, 5.74) is -0.0550. The largest absolute Gasteiger partial charge is 0.350 e. The first-order chi connectivity index (χ1) is 8.49. The van der Waals surface area contributed by atoms with Gasteiger partial charge in [-0.25, -0.2) is 0 Å². The minimum absolute atomic E-state index is 0. The summed E-state index contributed by atoms with van der Waals surface area (Å²) in [6.45, 7) is 0.929. The molecule has 1 aliphatic heterocycles. The molecule has 0 amide bonds. The van der Waals surface area contributed by atoms with E-state index in [1.165, 1.54) is 24.3 Å². The first-order valence-electron chi connectivity index (χ1n) is 5.62. The van der Waals surface area contributed by atoms with E-state index < -0.39 is 12.5 Å². The Morgan fingerprint density at radius 1 is 1.37 bits per heavy atom. The van der Waals surface area contributed by atoms with Crippen molar-refractivity contribution in [2.45, 2.75) is 5.92 Å². The summed E-state index contributed by atoms with van der Waals surface area (Å²) in [4.78, 5) is 5.92. The fourth-order valence-corrected chi connectivity index (χ4v) is 1.84. The van der Waals surface area contributed by atoms with E-state index in [2.05, 4.69) is 10.3 Å². The number of alkyl halides is 2. The Bertz CT molecular complexity index is 451. The van der Waals surface area contributed by atoms with E-state index >= 15 is 0 Å². The predicted molar refractivity (Wildman–Crippen MR) is 83.7 cm³/mol. The molecular weight excluding hydrogens is 387 g/mol. The minimum Gasteiger partial charge on any atom is -0.350 e. The Morgan fingerprint density at radius 2 is 2.00 bits per heavy atom. The van der Waals surface area contributed by atoms with Gasteiger partial charge in [0.1, 0.15) is 0 Å². The molecule has 7 heteroatoms. The maximum Gasteiger partial charge on any atom is 0.290 e. The minimum atomic E-state index is -2.95. The highest BCUT2D eigenvalue weighted by molar-refractivity contribution is 14.0. The molecule has 0 unspecified atom stereocenters. The molecule has 0 spiro atoms. The molecular formula is C12H15ClF2IN3. The average Bonchev–Trinajstić information content (AvgIpc) is 2.73. The molecule has 1 aliphatic rings. The Balaban J connectivity index is 0.00000180. The number of nitrogens with one attached hydrogen (secondary N) is 1. The quantitative estimate of drug-likeness (QED) is 0.789. The number of halogens is 4. The summed E-state index contributed by atoms with van der Waals surface area (Å²) in [6.07, 6.45) is 0. The second kappa shape index (κ2) is 6.69. The van der Waals surface area contributed by atoms with Crippen LogP contribution in [0.25, 0.3) is 0 Å². The van der Waals surface area contributed by atoms with Crippen LogP contribution in [-0.2, 0) is 5.92 Å². The fraction of sp³-hybridized carbons (Fsp3) is 0.417. The fourth-order valence-electron chi connectivity index (χ4n) is 1.71. The van der Waals surface area contributed by atoms with Crippen molar-refractivity contribution in [2.24, 2.45) is 4.99 Å². The number of benzene rings is 1. The third-order valence-electron chi connectivity index (χ3n) is 2.79. The van der Waals surface area contributed by atoms with Crippen LogP contribution in [0.5, 0.6) is 0 Å². The van der Waals surface area contributed by atoms with E-state index in [0.717, 1.165) is 6.54 Å². The summed E-state index contributed by atoms with van der Waals surface area (Å²) in [5, 5.41) is 3.12. The van der Waals surface area contributed by atoms with Crippen LogP contribution in [0.2, 0.25) is 5.02 Å². The van der Waals surface area contributed by atoms with Crippen molar-refractivity contribution in [3.05, 3.63) is 34.9 Å². The van der Waals surface area contributed by atoms with Crippen molar-refractivity contribution >= 4 is 41.5 Å². The summed E-state index contributed by atoms with van der Waals surface area (Å²) in [6, 6.07) is 5.60. The second-order valence-electron chi connectivity index (χ2n) is 4.19. The molecule has 19 heavy (non-hydrogen) atoms. The Labute approximate surface area is 133 Å². The highest BCUT2D eigenvalue weighted by atomic mass is 127. The second-order valence-corrected chi connectivity index (χ2v) is 4.63. The molecule has 0 saturated heterocycles. The van der Waals surface area contributed by atoms with Crippen LogP contribution in [0, 0.1) is 0 Å². The normalized spacial score (nSPS) is 14.9. The van der Waals surface area contributed by atoms with E-state index in [4.69, 9.17) is 11.6 Å². The lowest BCUT2D eigenvalue weighted by atomic mass is 10.1. The Kier molecular flexibility index (Phi) is 5.79. The molecule has 0 atom stereocenters. The van der Waals surface area contributed by atoms with Gasteiger partial charge >= 0.3 is 0 Å². The monoisotopic (exact) mass is 401 g/mol. The lowest BCUT2D eigenvalue weighted by Crippen LogP contribution is -2.41. The number of rotatable bonds is 3. The first kappa shape index (κ1) is 16.4. The maximum atomic E-state index is 13.9. The van der Waals surface area contributed by atoms with Gasteiger partial charge in [0, 0.05) is 24.2 Å². The van der Waals surface area contributed by atoms with Gasteiger partial charge in [0.05, 0.1) is 13.1 Å². The summed E-state index contributed by atoms with van der Waals surface area (Å²) in [5.74, 6) is -2.43. The van der Waals surface area contributed by atoms with E-state index in [-0.39, 0.29) is 29.5 Å². The standard InChI is InChI=1S/C12H14ClF2N3.HI/c1-18-7-6-16-11(18)17-8-12(14,15)9-2-4-10(13)5-3-9;/h2-5H,6-8H2,1H3,(H,16,17);1H. The molecule has 0 aliphatic carbocycles. The number of nitrogens with zero attached hydrogens (tertiary/aromatic N) is 2. The number of guanidine groups is 1. The number of hydrogen-bond donors (Lipinski definition) is 1. The average molecular weight is 402 g/mol. The molecule has 1 aromatic rings. The predicted octanol–water partition coefficient (Wildman–Crippen LogP) is 2.94. The van der Waals surface area contributed by atoms with E-state index in [0.29, 0.717) is 17.5 Å². The molecule has 0 bridgehead atoms. The molecule has 1 aromatic carbocycles. The number of likely N-dealkylation sites (N-methyl/N-ethyl adjacent to an activating group) is 1. The molecule has 1 N–H and O–H groups in total. The van der Waals surface area contributed by atoms with E-state index in [9.17, 15) is 8.78 Å². The maximum absolute atomic E-state index is 13.9. The van der Waals surface area contributed by atoms with Crippen LogP contribution in [0.4, 0.5) is 8.78 Å². The summed E-state index contributed by atoms with van der Waals surface area (Å²) in [7, 11) is 1.82. The van der Waals surface area contributed by atoms with Crippen molar-refractivity contribution in [3.63, 3.8) is 0 Å². The molecule has 0 radical (unpaired) electrons. The van der Waals surface area contributed by atoms with Crippen molar-refractivity contribution in [1.82, 2.24) is 10.2 Å². The summed E-state index contributed by atoms with van der Waals surface area (Å²) < 4.78 is 27.8. The van der Waals surface area contributed by atoms with Crippen LogP contribution >= 0.6 is 35.6 Å². The van der Waals surface area contributed by atoms with Gasteiger partial charge < -0.3 is 10.2 Å². The van der Waals surface area contributed by atoms with Gasteiger partial charge in [0.25, 0.3) is 5.92 Å². The third kappa shape index (κ3) is 4.17. The zero-order valence-electron chi connectivity index (χ0n) is 10.4. The molecule has 3 nitrogen and oxygen atoms in total. The van der Waals surface area contributed by atoms with Gasteiger partial charge in [0.15, 0.2) is 5.96 Å². The Hall–Kier alpha value is -0.630. The lowest BCUT2D eigenvalue weighted by molar-refractivity contribution is 0.000788. The zero-order valence-corrected chi connectivity index (χ0v) is 13.5. The Morgan fingerprint density at radius 3 is 2.53 bits per heavy atom. The number of aliphatic imine (C=N–C) groups is 1. The van der Waals surface area contributed by atoms with Gasteiger partial charge in [-0.1, -0.05) is 23.7 Å². The van der Waals surface area contributed by atoms with Crippen molar-refractivity contribution in [3.8, 4) is 0 Å². The third-order valence-corrected chi connectivity index (χ3v) is 3.05. The van der Waals surface area contributed by atoms with Gasteiger partial charge in [-0.05, 0) is 12.1 Å². The van der Waals surface area contributed by atoms with Crippen LogP contribution < -0.4 is 5.32 Å². The van der Waals surface area contributed by atoms with Crippen LogP contribution in [-0.4, -0.2) is 37.5 Å². The van der Waals surface area contributed by atoms with E-state index in [1.807, 2.05) is 11.9 Å². The van der Waals surface area contributed by atoms with Gasteiger partial charge in [0.2, 0.25) is 0 Å². The number of hydrogen-bond acceptors (Lipinski definition) is 3. The molecule has 0 aromatic heterocycles. The molecule has 106 valence electrons. The zero-order chi connectivity index (χ0) is 13.2. The van der Waals surface area contributed by atoms with Crippen molar-refractivity contribution in [1.29, 1.82) is 0 Å².